The number of rotatable bonds is 8. The lowest BCUT2D eigenvalue weighted by atomic mass is 10.1. The Morgan fingerprint density at radius 3 is 2.33 bits per heavy atom. The van der Waals surface area contributed by atoms with Crippen LogP contribution in [-0.4, -0.2) is 38.3 Å². The summed E-state index contributed by atoms with van der Waals surface area (Å²) >= 11 is 12.0. The lowest BCUT2D eigenvalue weighted by Gasteiger charge is -2.25. The zero-order chi connectivity index (χ0) is 21.6. The molecule has 1 heterocycles. The van der Waals surface area contributed by atoms with Gasteiger partial charge in [-0.25, -0.2) is 8.42 Å². The van der Waals surface area contributed by atoms with Gasteiger partial charge in [-0.1, -0.05) is 47.8 Å². The van der Waals surface area contributed by atoms with E-state index in [4.69, 9.17) is 23.2 Å². The molecule has 3 rings (SSSR count). The summed E-state index contributed by atoms with van der Waals surface area (Å²) < 4.78 is 26.9. The van der Waals surface area contributed by atoms with Crippen molar-refractivity contribution in [3.63, 3.8) is 0 Å². The van der Waals surface area contributed by atoms with E-state index in [0.29, 0.717) is 53.8 Å². The Morgan fingerprint density at radius 2 is 1.67 bits per heavy atom. The molecule has 0 unspecified atom stereocenters. The van der Waals surface area contributed by atoms with Crippen LogP contribution in [0.4, 0.5) is 0 Å². The molecule has 8 heteroatoms. The summed E-state index contributed by atoms with van der Waals surface area (Å²) in [5.41, 5.74) is 1.87. The predicted molar refractivity (Wildman–Crippen MR) is 121 cm³/mol. The van der Waals surface area contributed by atoms with E-state index in [1.54, 1.807) is 40.7 Å². The summed E-state index contributed by atoms with van der Waals surface area (Å²) in [6.45, 7) is 1.67. The number of nitrogens with one attached hydrogen (secondary N) is 1. The Morgan fingerprint density at radius 1 is 0.967 bits per heavy atom. The van der Waals surface area contributed by atoms with Gasteiger partial charge in [-0.3, -0.25) is 4.79 Å². The third-order valence-electron chi connectivity index (χ3n) is 5.25. The molecule has 0 spiro atoms. The van der Waals surface area contributed by atoms with Crippen LogP contribution in [0.3, 0.4) is 0 Å². The van der Waals surface area contributed by atoms with Crippen LogP contribution in [0.1, 0.15) is 36.8 Å². The molecular weight excluding hydrogens is 443 g/mol. The number of hydrogen-bond donors (Lipinski definition) is 1. The van der Waals surface area contributed by atoms with Crippen molar-refractivity contribution < 1.29 is 13.2 Å². The average Bonchev–Trinajstić information content (AvgIpc) is 2.75. The SMILES string of the molecule is O=C(CCc1ccc(S(=O)(=O)N2CCCCC2)cc1)NCCc1ccc(Cl)cc1Cl. The lowest BCUT2D eigenvalue weighted by molar-refractivity contribution is -0.121. The van der Waals surface area contributed by atoms with Crippen molar-refractivity contribution in [2.45, 2.75) is 43.4 Å². The van der Waals surface area contributed by atoms with Crippen LogP contribution in [0.15, 0.2) is 47.4 Å². The zero-order valence-corrected chi connectivity index (χ0v) is 19.1. The predicted octanol–water partition coefficient (Wildman–Crippen LogP) is 4.46. The van der Waals surface area contributed by atoms with Gasteiger partial charge < -0.3 is 5.32 Å². The van der Waals surface area contributed by atoms with Crippen LogP contribution in [0, 0.1) is 0 Å². The van der Waals surface area contributed by atoms with Gasteiger partial charge in [0.15, 0.2) is 0 Å². The highest BCUT2D eigenvalue weighted by atomic mass is 35.5. The Labute approximate surface area is 188 Å². The molecule has 1 saturated heterocycles. The minimum Gasteiger partial charge on any atom is -0.356 e. The molecule has 0 atom stereocenters. The topological polar surface area (TPSA) is 66.5 Å². The maximum Gasteiger partial charge on any atom is 0.243 e. The van der Waals surface area contributed by atoms with Crippen molar-refractivity contribution in [2.75, 3.05) is 19.6 Å². The smallest absolute Gasteiger partial charge is 0.243 e. The second-order valence-electron chi connectivity index (χ2n) is 7.44. The monoisotopic (exact) mass is 468 g/mol. The van der Waals surface area contributed by atoms with Crippen molar-refractivity contribution in [2.24, 2.45) is 0 Å². The van der Waals surface area contributed by atoms with E-state index in [0.717, 1.165) is 30.4 Å². The number of aryl methyl sites for hydroxylation is 1. The summed E-state index contributed by atoms with van der Waals surface area (Å²) in [6, 6.07) is 12.2. The van der Waals surface area contributed by atoms with Gasteiger partial charge in [0.05, 0.1) is 4.90 Å². The van der Waals surface area contributed by atoms with Crippen LogP contribution < -0.4 is 5.32 Å². The van der Waals surface area contributed by atoms with Crippen molar-refractivity contribution >= 4 is 39.1 Å². The van der Waals surface area contributed by atoms with Gasteiger partial charge in [0.25, 0.3) is 0 Å². The molecule has 1 amide bonds. The number of amides is 1. The van der Waals surface area contributed by atoms with Crippen LogP contribution in [0.2, 0.25) is 10.0 Å². The van der Waals surface area contributed by atoms with E-state index in [1.165, 1.54) is 0 Å². The first-order valence-corrected chi connectivity index (χ1v) is 12.4. The minimum atomic E-state index is -3.42. The zero-order valence-electron chi connectivity index (χ0n) is 16.7. The molecule has 1 fully saturated rings. The Kier molecular flexibility index (Phi) is 8.17. The number of piperidine rings is 1. The first kappa shape index (κ1) is 23.1. The van der Waals surface area contributed by atoms with Gasteiger partial charge in [0.1, 0.15) is 0 Å². The summed E-state index contributed by atoms with van der Waals surface area (Å²) in [7, 11) is -3.42. The second kappa shape index (κ2) is 10.6. The van der Waals surface area contributed by atoms with Gasteiger partial charge in [-0.05, 0) is 61.1 Å². The number of sulfonamides is 1. The number of nitrogens with zero attached hydrogens (tertiary/aromatic N) is 1. The number of carbonyl (C=O) groups is 1. The Bertz CT molecular complexity index is 972. The van der Waals surface area contributed by atoms with E-state index >= 15 is 0 Å². The third-order valence-corrected chi connectivity index (χ3v) is 7.75. The highest BCUT2D eigenvalue weighted by Crippen LogP contribution is 2.22. The standard InChI is InChI=1S/C22H26Cl2N2O3S/c23-19-8-7-18(21(24)16-19)12-13-25-22(27)11-6-17-4-9-20(10-5-17)30(28,29)26-14-2-1-3-15-26/h4-5,7-10,16H,1-3,6,11-15H2,(H,25,27). The Balaban J connectivity index is 1.45. The van der Waals surface area contributed by atoms with Crippen LogP contribution in [0.25, 0.3) is 0 Å². The summed E-state index contributed by atoms with van der Waals surface area (Å²) in [4.78, 5) is 12.4. The maximum absolute atomic E-state index is 12.7. The maximum atomic E-state index is 12.7. The first-order chi connectivity index (χ1) is 14.4. The molecule has 162 valence electrons. The molecule has 0 aliphatic carbocycles. The fourth-order valence-electron chi connectivity index (χ4n) is 3.49. The molecule has 2 aromatic rings. The fourth-order valence-corrected chi connectivity index (χ4v) is 5.51. The first-order valence-electron chi connectivity index (χ1n) is 10.2. The lowest BCUT2D eigenvalue weighted by Crippen LogP contribution is -2.35. The third kappa shape index (κ3) is 6.20. The average molecular weight is 469 g/mol. The van der Waals surface area contributed by atoms with Gasteiger partial charge in [-0.15, -0.1) is 0 Å². The number of halogens is 2. The van der Waals surface area contributed by atoms with Gasteiger partial charge in [0.2, 0.25) is 15.9 Å². The number of hydrogen-bond acceptors (Lipinski definition) is 3. The van der Waals surface area contributed by atoms with E-state index in [9.17, 15) is 13.2 Å². The summed E-state index contributed by atoms with van der Waals surface area (Å²) in [5, 5.41) is 4.07. The molecule has 1 aliphatic heterocycles. The number of carbonyl (C=O) groups excluding carboxylic acids is 1. The summed E-state index contributed by atoms with van der Waals surface area (Å²) in [5.74, 6) is -0.0508. The van der Waals surface area contributed by atoms with Crippen molar-refractivity contribution in [3.8, 4) is 0 Å². The van der Waals surface area contributed by atoms with E-state index in [2.05, 4.69) is 5.32 Å². The van der Waals surface area contributed by atoms with Crippen LogP contribution >= 0.6 is 23.2 Å². The molecule has 0 aromatic heterocycles. The van der Waals surface area contributed by atoms with E-state index in [-0.39, 0.29) is 5.91 Å². The Hall–Kier alpha value is -1.60. The molecule has 0 saturated carbocycles. The molecule has 0 bridgehead atoms. The van der Waals surface area contributed by atoms with Gasteiger partial charge >= 0.3 is 0 Å². The van der Waals surface area contributed by atoms with Crippen LogP contribution in [-0.2, 0) is 27.7 Å². The van der Waals surface area contributed by atoms with E-state index < -0.39 is 10.0 Å². The van der Waals surface area contributed by atoms with Crippen molar-refractivity contribution in [3.05, 3.63) is 63.6 Å². The van der Waals surface area contributed by atoms with Crippen LogP contribution in [0.5, 0.6) is 0 Å². The minimum absolute atomic E-state index is 0.0508. The molecule has 2 aromatic carbocycles. The van der Waals surface area contributed by atoms with Gasteiger partial charge in [0, 0.05) is 36.1 Å². The quantitative estimate of drug-likeness (QED) is 0.621. The highest BCUT2D eigenvalue weighted by Gasteiger charge is 2.25. The van der Waals surface area contributed by atoms with Gasteiger partial charge in [-0.2, -0.15) is 4.31 Å². The van der Waals surface area contributed by atoms with Crippen molar-refractivity contribution in [1.29, 1.82) is 0 Å². The highest BCUT2D eigenvalue weighted by molar-refractivity contribution is 7.89. The largest absolute Gasteiger partial charge is 0.356 e. The molecule has 0 radical (unpaired) electrons. The molecular formula is C22H26Cl2N2O3S. The molecule has 1 N–H and O–H groups in total. The summed E-state index contributed by atoms with van der Waals surface area (Å²) in [6.07, 6.45) is 4.43. The molecule has 30 heavy (non-hydrogen) atoms. The molecule has 1 aliphatic rings. The normalized spacial score (nSPS) is 15.1. The molecule has 5 nitrogen and oxygen atoms in total. The number of benzene rings is 2. The van der Waals surface area contributed by atoms with E-state index in [1.807, 2.05) is 6.07 Å². The van der Waals surface area contributed by atoms with Crippen molar-refractivity contribution in [1.82, 2.24) is 9.62 Å². The second-order valence-corrected chi connectivity index (χ2v) is 10.2. The fraction of sp³-hybridized carbons (Fsp3) is 0.409.